The summed E-state index contributed by atoms with van der Waals surface area (Å²) in [6.45, 7) is 4.89. The van der Waals surface area contributed by atoms with Gasteiger partial charge < -0.3 is 15.8 Å². The van der Waals surface area contributed by atoms with Crippen LogP contribution in [-0.2, 0) is 4.74 Å². The van der Waals surface area contributed by atoms with Crippen LogP contribution in [0.4, 0.5) is 11.6 Å². The summed E-state index contributed by atoms with van der Waals surface area (Å²) in [5.74, 6) is 2.21. The minimum atomic E-state index is 0.174. The monoisotopic (exact) mass is 286 g/mol. The number of methoxy groups -OCH3 is 1. The summed E-state index contributed by atoms with van der Waals surface area (Å²) in [6.07, 6.45) is 0. The number of rotatable bonds is 6. The summed E-state index contributed by atoms with van der Waals surface area (Å²) in [5, 5.41) is 3.37. The molecule has 1 unspecified atom stereocenters. The first kappa shape index (κ1) is 15.3. The van der Waals surface area contributed by atoms with Crippen LogP contribution in [0, 0.1) is 5.92 Å². The number of ether oxygens (including phenoxy) is 1. The van der Waals surface area contributed by atoms with E-state index in [4.69, 9.17) is 10.5 Å². The van der Waals surface area contributed by atoms with Crippen LogP contribution >= 0.6 is 0 Å². The molecule has 0 saturated carbocycles. The molecule has 0 fully saturated rings. The highest BCUT2D eigenvalue weighted by atomic mass is 16.5. The maximum atomic E-state index is 5.90. The summed E-state index contributed by atoms with van der Waals surface area (Å²) in [6, 6.07) is 11.7. The maximum Gasteiger partial charge on any atom is 0.163 e. The fourth-order valence-corrected chi connectivity index (χ4v) is 2.03. The van der Waals surface area contributed by atoms with Crippen molar-refractivity contribution in [3.8, 4) is 11.4 Å². The van der Waals surface area contributed by atoms with Gasteiger partial charge in [-0.2, -0.15) is 0 Å². The van der Waals surface area contributed by atoms with Crippen molar-refractivity contribution in [3.63, 3.8) is 0 Å². The first-order valence-electron chi connectivity index (χ1n) is 7.05. The van der Waals surface area contributed by atoms with Gasteiger partial charge in [0.25, 0.3) is 0 Å². The Morgan fingerprint density at radius 3 is 2.52 bits per heavy atom. The summed E-state index contributed by atoms with van der Waals surface area (Å²) < 4.78 is 5.25. The molecule has 5 heteroatoms. The minimum absolute atomic E-state index is 0.174. The Morgan fingerprint density at radius 1 is 1.19 bits per heavy atom. The van der Waals surface area contributed by atoms with Gasteiger partial charge in [0.15, 0.2) is 5.82 Å². The molecule has 0 aliphatic heterocycles. The molecule has 2 rings (SSSR count). The van der Waals surface area contributed by atoms with E-state index in [0.29, 0.717) is 24.2 Å². The molecule has 0 amide bonds. The van der Waals surface area contributed by atoms with Crippen molar-refractivity contribution in [3.05, 3.63) is 36.4 Å². The van der Waals surface area contributed by atoms with Crippen molar-refractivity contribution in [2.75, 3.05) is 24.8 Å². The molecule has 0 aliphatic carbocycles. The Morgan fingerprint density at radius 2 is 1.90 bits per heavy atom. The smallest absolute Gasteiger partial charge is 0.163 e. The average molecular weight is 286 g/mol. The fourth-order valence-electron chi connectivity index (χ4n) is 2.03. The predicted molar refractivity (Wildman–Crippen MR) is 86.0 cm³/mol. The van der Waals surface area contributed by atoms with Crippen molar-refractivity contribution in [1.29, 1.82) is 0 Å². The lowest BCUT2D eigenvalue weighted by Crippen LogP contribution is -2.31. The SMILES string of the molecule is COCC(Nc1cc(N)nc(-c2ccccc2)n1)C(C)C. The van der Waals surface area contributed by atoms with Crippen LogP contribution < -0.4 is 11.1 Å². The van der Waals surface area contributed by atoms with E-state index in [-0.39, 0.29) is 6.04 Å². The molecule has 0 radical (unpaired) electrons. The molecule has 1 heterocycles. The van der Waals surface area contributed by atoms with Crippen LogP contribution in [0.25, 0.3) is 11.4 Å². The van der Waals surface area contributed by atoms with Crippen molar-refractivity contribution in [2.24, 2.45) is 5.92 Å². The number of nitrogens with two attached hydrogens (primary N) is 1. The van der Waals surface area contributed by atoms with Gasteiger partial charge in [0.1, 0.15) is 11.6 Å². The second-order valence-electron chi connectivity index (χ2n) is 5.32. The topological polar surface area (TPSA) is 73.1 Å². The molecule has 1 aromatic carbocycles. The number of benzene rings is 1. The van der Waals surface area contributed by atoms with Crippen molar-refractivity contribution in [1.82, 2.24) is 9.97 Å². The molecule has 0 bridgehead atoms. The van der Waals surface area contributed by atoms with Gasteiger partial charge in [-0.05, 0) is 5.92 Å². The van der Waals surface area contributed by atoms with Crippen molar-refractivity contribution >= 4 is 11.6 Å². The van der Waals surface area contributed by atoms with Gasteiger partial charge in [-0.25, -0.2) is 9.97 Å². The largest absolute Gasteiger partial charge is 0.384 e. The summed E-state index contributed by atoms with van der Waals surface area (Å²) >= 11 is 0. The third-order valence-electron chi connectivity index (χ3n) is 3.26. The molecule has 1 atom stereocenters. The lowest BCUT2D eigenvalue weighted by molar-refractivity contribution is 0.171. The van der Waals surface area contributed by atoms with E-state index in [0.717, 1.165) is 11.4 Å². The number of nitrogens with zero attached hydrogens (tertiary/aromatic N) is 2. The van der Waals surface area contributed by atoms with Crippen LogP contribution in [0.5, 0.6) is 0 Å². The number of hydrogen-bond acceptors (Lipinski definition) is 5. The van der Waals surface area contributed by atoms with Gasteiger partial charge in [-0.15, -0.1) is 0 Å². The van der Waals surface area contributed by atoms with Crippen LogP contribution in [0.15, 0.2) is 36.4 Å². The van der Waals surface area contributed by atoms with E-state index in [9.17, 15) is 0 Å². The molecular weight excluding hydrogens is 264 g/mol. The molecule has 1 aromatic heterocycles. The van der Waals surface area contributed by atoms with Crippen molar-refractivity contribution in [2.45, 2.75) is 19.9 Å². The fraction of sp³-hybridized carbons (Fsp3) is 0.375. The Kier molecular flexibility index (Phi) is 5.11. The summed E-state index contributed by atoms with van der Waals surface area (Å²) in [5.41, 5.74) is 6.85. The first-order chi connectivity index (χ1) is 10.1. The molecule has 0 aliphatic rings. The van der Waals surface area contributed by atoms with E-state index in [1.165, 1.54) is 0 Å². The van der Waals surface area contributed by atoms with Gasteiger partial charge in [0, 0.05) is 18.7 Å². The molecule has 112 valence electrons. The maximum absolute atomic E-state index is 5.90. The summed E-state index contributed by atoms with van der Waals surface area (Å²) in [7, 11) is 1.70. The third-order valence-corrected chi connectivity index (χ3v) is 3.26. The number of nitrogen functional groups attached to an aromatic ring is 1. The zero-order chi connectivity index (χ0) is 15.2. The lowest BCUT2D eigenvalue weighted by Gasteiger charge is -2.22. The Hall–Kier alpha value is -2.14. The zero-order valence-electron chi connectivity index (χ0n) is 12.7. The Balaban J connectivity index is 2.27. The van der Waals surface area contributed by atoms with Crippen LogP contribution in [-0.4, -0.2) is 29.7 Å². The molecule has 2 aromatic rings. The highest BCUT2D eigenvalue weighted by molar-refractivity contribution is 5.60. The minimum Gasteiger partial charge on any atom is -0.384 e. The van der Waals surface area contributed by atoms with Crippen LogP contribution in [0.3, 0.4) is 0 Å². The van der Waals surface area contributed by atoms with Crippen molar-refractivity contribution < 1.29 is 4.74 Å². The van der Waals surface area contributed by atoms with E-state index in [1.54, 1.807) is 13.2 Å². The molecule has 5 nitrogen and oxygen atoms in total. The molecule has 0 spiro atoms. The predicted octanol–water partition coefficient (Wildman–Crippen LogP) is 2.81. The third kappa shape index (κ3) is 4.16. The highest BCUT2D eigenvalue weighted by Crippen LogP contribution is 2.20. The van der Waals surface area contributed by atoms with E-state index in [2.05, 4.69) is 29.1 Å². The highest BCUT2D eigenvalue weighted by Gasteiger charge is 2.14. The van der Waals surface area contributed by atoms with E-state index >= 15 is 0 Å². The van der Waals surface area contributed by atoms with Gasteiger partial charge in [0.05, 0.1) is 12.6 Å². The Labute approximate surface area is 125 Å². The van der Waals surface area contributed by atoms with Gasteiger partial charge >= 0.3 is 0 Å². The van der Waals surface area contributed by atoms with Gasteiger partial charge in [-0.3, -0.25) is 0 Å². The number of hydrogen-bond donors (Lipinski definition) is 2. The number of aromatic nitrogens is 2. The first-order valence-corrected chi connectivity index (χ1v) is 7.05. The molecule has 21 heavy (non-hydrogen) atoms. The normalized spacial score (nSPS) is 12.4. The lowest BCUT2D eigenvalue weighted by atomic mass is 10.1. The van der Waals surface area contributed by atoms with Crippen LogP contribution in [0.1, 0.15) is 13.8 Å². The second kappa shape index (κ2) is 7.04. The number of anilines is 2. The molecule has 3 N–H and O–H groups in total. The van der Waals surface area contributed by atoms with Crippen LogP contribution in [0.2, 0.25) is 0 Å². The van der Waals surface area contributed by atoms with Gasteiger partial charge in [-0.1, -0.05) is 44.2 Å². The van der Waals surface area contributed by atoms with E-state index in [1.807, 2.05) is 30.3 Å². The average Bonchev–Trinajstić information content (AvgIpc) is 2.47. The standard InChI is InChI=1S/C16H22N4O/c1-11(2)13(10-21-3)18-15-9-14(17)19-16(20-15)12-7-5-4-6-8-12/h4-9,11,13H,10H2,1-3H3,(H3,17,18,19,20). The quantitative estimate of drug-likeness (QED) is 0.854. The second-order valence-corrected chi connectivity index (χ2v) is 5.32. The van der Waals surface area contributed by atoms with Gasteiger partial charge in [0.2, 0.25) is 0 Å². The zero-order valence-corrected chi connectivity index (χ0v) is 12.7. The number of nitrogens with one attached hydrogen (secondary N) is 1. The van der Waals surface area contributed by atoms with E-state index < -0.39 is 0 Å². The Bertz CT molecular complexity index is 572. The molecular formula is C16H22N4O. The summed E-state index contributed by atoms with van der Waals surface area (Å²) in [4.78, 5) is 8.85. The molecule has 0 saturated heterocycles.